The van der Waals surface area contributed by atoms with Gasteiger partial charge in [0, 0.05) is 13.1 Å². The number of halogens is 1. The number of esters is 1. The molecule has 0 aliphatic heterocycles. The lowest BCUT2D eigenvalue weighted by Crippen LogP contribution is -2.37. The number of ether oxygens (including phenoxy) is 1. The van der Waals surface area contributed by atoms with E-state index in [0.717, 1.165) is 5.56 Å². The fourth-order valence-electron chi connectivity index (χ4n) is 2.43. The Morgan fingerprint density at radius 2 is 1.71 bits per heavy atom. The smallest absolute Gasteiger partial charge is 0.310 e. The van der Waals surface area contributed by atoms with Crippen LogP contribution in [-0.2, 0) is 16.1 Å². The minimum atomic E-state index is -0.426. The molecule has 1 amide bonds. The largest absolute Gasteiger partial charge is 0.469 e. The standard InChI is InChI=1S/C19H20ClNO3/c1-14(19(23)24-2)12-21(13-15-8-4-3-5-9-15)18(22)16-10-6-7-11-17(16)20/h3-11,14H,12-13H2,1-2H3. The molecule has 2 aromatic rings. The molecule has 0 heterocycles. The number of hydrogen-bond donors (Lipinski definition) is 0. The van der Waals surface area contributed by atoms with Gasteiger partial charge in [0.05, 0.1) is 23.6 Å². The lowest BCUT2D eigenvalue weighted by atomic mass is 10.1. The quantitative estimate of drug-likeness (QED) is 0.748. The molecule has 0 aromatic heterocycles. The average molecular weight is 346 g/mol. The summed E-state index contributed by atoms with van der Waals surface area (Å²) in [6, 6.07) is 16.5. The van der Waals surface area contributed by atoms with Crippen LogP contribution in [0.25, 0.3) is 0 Å². The highest BCUT2D eigenvalue weighted by Gasteiger charge is 2.24. The van der Waals surface area contributed by atoms with Crippen LogP contribution >= 0.6 is 11.6 Å². The molecule has 2 aromatic carbocycles. The van der Waals surface area contributed by atoms with Crippen molar-refractivity contribution in [3.63, 3.8) is 0 Å². The molecular weight excluding hydrogens is 326 g/mol. The summed E-state index contributed by atoms with van der Waals surface area (Å²) in [4.78, 5) is 26.3. The topological polar surface area (TPSA) is 46.6 Å². The highest BCUT2D eigenvalue weighted by atomic mass is 35.5. The van der Waals surface area contributed by atoms with Crippen LogP contribution in [0.15, 0.2) is 54.6 Å². The fraction of sp³-hybridized carbons (Fsp3) is 0.263. The molecule has 24 heavy (non-hydrogen) atoms. The Morgan fingerprint density at radius 3 is 2.33 bits per heavy atom. The molecule has 2 rings (SSSR count). The number of hydrogen-bond acceptors (Lipinski definition) is 3. The number of benzene rings is 2. The molecule has 0 bridgehead atoms. The van der Waals surface area contributed by atoms with Gasteiger partial charge in [0.1, 0.15) is 0 Å². The third-order valence-corrected chi connectivity index (χ3v) is 4.04. The van der Waals surface area contributed by atoms with Crippen LogP contribution in [0.3, 0.4) is 0 Å². The lowest BCUT2D eigenvalue weighted by molar-refractivity contribution is -0.145. The summed E-state index contributed by atoms with van der Waals surface area (Å²) in [6.07, 6.45) is 0. The zero-order valence-electron chi connectivity index (χ0n) is 13.7. The molecule has 0 spiro atoms. The number of rotatable bonds is 6. The Kier molecular flexibility index (Phi) is 6.38. The van der Waals surface area contributed by atoms with Crippen molar-refractivity contribution in [3.8, 4) is 0 Å². The minimum absolute atomic E-state index is 0.208. The van der Waals surface area contributed by atoms with Gasteiger partial charge in [0.2, 0.25) is 0 Å². The summed E-state index contributed by atoms with van der Waals surface area (Å²) in [7, 11) is 1.34. The minimum Gasteiger partial charge on any atom is -0.469 e. The molecule has 0 radical (unpaired) electrons. The van der Waals surface area contributed by atoms with Crippen molar-refractivity contribution < 1.29 is 14.3 Å². The molecule has 0 aliphatic carbocycles. The Hall–Kier alpha value is -2.33. The van der Waals surface area contributed by atoms with Crippen LogP contribution < -0.4 is 0 Å². The Bertz CT molecular complexity index is 703. The first-order valence-electron chi connectivity index (χ1n) is 7.68. The molecule has 0 saturated heterocycles. The second-order valence-electron chi connectivity index (χ2n) is 5.58. The summed E-state index contributed by atoms with van der Waals surface area (Å²) >= 11 is 6.15. The molecule has 0 N–H and O–H groups in total. The van der Waals surface area contributed by atoms with Gasteiger partial charge in [0.25, 0.3) is 5.91 Å². The molecule has 0 saturated carbocycles. The average Bonchev–Trinajstić information content (AvgIpc) is 2.61. The number of methoxy groups -OCH3 is 1. The third kappa shape index (κ3) is 4.59. The first kappa shape index (κ1) is 18.0. The molecule has 1 atom stereocenters. The monoisotopic (exact) mass is 345 g/mol. The Morgan fingerprint density at radius 1 is 1.08 bits per heavy atom. The number of carbonyl (C=O) groups excluding carboxylic acids is 2. The summed E-state index contributed by atoms with van der Waals surface area (Å²) < 4.78 is 4.77. The maximum Gasteiger partial charge on any atom is 0.310 e. The molecular formula is C19H20ClNO3. The molecule has 1 unspecified atom stereocenters. The van der Waals surface area contributed by atoms with E-state index >= 15 is 0 Å². The second kappa shape index (κ2) is 8.50. The van der Waals surface area contributed by atoms with Crippen molar-refractivity contribution in [3.05, 3.63) is 70.7 Å². The van der Waals surface area contributed by atoms with Gasteiger partial charge in [-0.15, -0.1) is 0 Å². The zero-order valence-corrected chi connectivity index (χ0v) is 14.5. The maximum atomic E-state index is 12.9. The van der Waals surface area contributed by atoms with Crippen molar-refractivity contribution in [2.24, 2.45) is 5.92 Å². The van der Waals surface area contributed by atoms with Gasteiger partial charge < -0.3 is 9.64 Å². The fourth-order valence-corrected chi connectivity index (χ4v) is 2.65. The summed E-state index contributed by atoms with van der Waals surface area (Å²) in [5, 5.41) is 0.395. The van der Waals surface area contributed by atoms with Crippen molar-refractivity contribution in [2.45, 2.75) is 13.5 Å². The van der Waals surface area contributed by atoms with Crippen LogP contribution in [0.1, 0.15) is 22.8 Å². The van der Waals surface area contributed by atoms with Gasteiger partial charge in [-0.1, -0.05) is 61.0 Å². The van der Waals surface area contributed by atoms with Gasteiger partial charge in [0.15, 0.2) is 0 Å². The van der Waals surface area contributed by atoms with E-state index in [2.05, 4.69) is 0 Å². The van der Waals surface area contributed by atoms with Gasteiger partial charge in [-0.3, -0.25) is 9.59 Å². The SMILES string of the molecule is COC(=O)C(C)CN(Cc1ccccc1)C(=O)c1ccccc1Cl. The van der Waals surface area contributed by atoms with Crippen LogP contribution in [0.2, 0.25) is 5.02 Å². The zero-order chi connectivity index (χ0) is 17.5. The van der Waals surface area contributed by atoms with E-state index in [-0.39, 0.29) is 18.4 Å². The van der Waals surface area contributed by atoms with Gasteiger partial charge in [-0.05, 0) is 17.7 Å². The first-order chi connectivity index (χ1) is 11.5. The number of carbonyl (C=O) groups is 2. The van der Waals surface area contributed by atoms with Crippen molar-refractivity contribution >= 4 is 23.5 Å². The van der Waals surface area contributed by atoms with E-state index in [4.69, 9.17) is 16.3 Å². The molecule has 0 aliphatic rings. The second-order valence-corrected chi connectivity index (χ2v) is 5.98. The van der Waals surface area contributed by atoms with E-state index in [1.807, 2.05) is 30.3 Å². The third-order valence-electron chi connectivity index (χ3n) is 3.71. The highest BCUT2D eigenvalue weighted by Crippen LogP contribution is 2.19. The van der Waals surface area contributed by atoms with Crippen molar-refractivity contribution in [1.29, 1.82) is 0 Å². The summed E-state index contributed by atoms with van der Waals surface area (Å²) in [5.41, 5.74) is 1.40. The molecule has 0 fully saturated rings. The number of amides is 1. The van der Waals surface area contributed by atoms with Crippen LogP contribution in [-0.4, -0.2) is 30.4 Å². The van der Waals surface area contributed by atoms with E-state index < -0.39 is 5.92 Å². The lowest BCUT2D eigenvalue weighted by Gasteiger charge is -2.25. The van der Waals surface area contributed by atoms with Gasteiger partial charge >= 0.3 is 5.97 Å². The predicted octanol–water partition coefficient (Wildman–Crippen LogP) is 3.79. The van der Waals surface area contributed by atoms with E-state index in [0.29, 0.717) is 17.1 Å². The predicted molar refractivity (Wildman–Crippen MR) is 93.8 cm³/mol. The Balaban J connectivity index is 2.26. The normalized spacial score (nSPS) is 11.6. The molecule has 4 nitrogen and oxygen atoms in total. The summed E-state index contributed by atoms with van der Waals surface area (Å²) in [5.74, 6) is -0.981. The molecule has 5 heteroatoms. The maximum absolute atomic E-state index is 12.9. The molecule has 126 valence electrons. The first-order valence-corrected chi connectivity index (χ1v) is 8.06. The number of nitrogens with zero attached hydrogens (tertiary/aromatic N) is 1. The van der Waals surface area contributed by atoms with E-state index in [1.54, 1.807) is 36.1 Å². The van der Waals surface area contributed by atoms with Gasteiger partial charge in [-0.25, -0.2) is 0 Å². The van der Waals surface area contributed by atoms with Crippen LogP contribution in [0, 0.1) is 5.92 Å². The summed E-state index contributed by atoms with van der Waals surface area (Å²) in [6.45, 7) is 2.39. The van der Waals surface area contributed by atoms with Gasteiger partial charge in [-0.2, -0.15) is 0 Å². The Labute approximate surface area is 147 Å². The van der Waals surface area contributed by atoms with Crippen LogP contribution in [0.5, 0.6) is 0 Å². The van der Waals surface area contributed by atoms with E-state index in [1.165, 1.54) is 7.11 Å². The van der Waals surface area contributed by atoms with Crippen LogP contribution in [0.4, 0.5) is 0 Å². The van der Waals surface area contributed by atoms with Crippen molar-refractivity contribution in [2.75, 3.05) is 13.7 Å². The van der Waals surface area contributed by atoms with Crippen molar-refractivity contribution in [1.82, 2.24) is 4.90 Å². The van der Waals surface area contributed by atoms with E-state index in [9.17, 15) is 9.59 Å². The highest BCUT2D eigenvalue weighted by molar-refractivity contribution is 6.33.